The molecule has 0 saturated carbocycles. The van der Waals surface area contributed by atoms with Crippen molar-refractivity contribution in [3.05, 3.63) is 106 Å². The lowest BCUT2D eigenvalue weighted by Gasteiger charge is -2.32. The van der Waals surface area contributed by atoms with E-state index in [1.165, 1.54) is 6.07 Å². The molecule has 0 spiro atoms. The summed E-state index contributed by atoms with van der Waals surface area (Å²) in [5.41, 5.74) is 4.16. The second-order valence-electron chi connectivity index (χ2n) is 12.0. The molecule has 0 radical (unpaired) electrons. The number of benzene rings is 3. The van der Waals surface area contributed by atoms with E-state index < -0.39 is 17.6 Å². The smallest absolute Gasteiger partial charge is 0.335 e. The fourth-order valence-electron chi connectivity index (χ4n) is 6.58. The number of halogens is 3. The zero-order chi connectivity index (χ0) is 32.2. The van der Waals surface area contributed by atoms with Crippen LogP contribution in [0.15, 0.2) is 67.1 Å². The Morgan fingerprint density at radius 1 is 1.15 bits per heavy atom. The number of piperidine rings is 1. The fourth-order valence-corrected chi connectivity index (χ4v) is 7.24. The average Bonchev–Trinajstić information content (AvgIpc) is 3.73. The van der Waals surface area contributed by atoms with Gasteiger partial charge in [-0.05, 0) is 81.2 Å². The van der Waals surface area contributed by atoms with Gasteiger partial charge in [-0.15, -0.1) is 0 Å². The molecule has 2 aliphatic rings. The third-order valence-corrected chi connectivity index (χ3v) is 9.78. The van der Waals surface area contributed by atoms with Gasteiger partial charge >= 0.3 is 5.97 Å². The van der Waals surface area contributed by atoms with E-state index in [0.717, 1.165) is 54.0 Å². The molecule has 0 bridgehead atoms. The average molecular weight is 756 g/mol. The number of hydrogen-bond acceptors (Lipinski definition) is 6. The van der Waals surface area contributed by atoms with Crippen LogP contribution in [0.2, 0.25) is 5.02 Å². The van der Waals surface area contributed by atoms with E-state index in [4.69, 9.17) is 26.1 Å². The van der Waals surface area contributed by atoms with Crippen LogP contribution >= 0.6 is 34.2 Å². The van der Waals surface area contributed by atoms with Crippen LogP contribution in [0, 0.1) is 5.82 Å². The van der Waals surface area contributed by atoms with E-state index in [2.05, 4.69) is 54.6 Å². The summed E-state index contributed by atoms with van der Waals surface area (Å²) in [5, 5.41) is 9.99. The molecule has 2 aromatic heterocycles. The first kappa shape index (κ1) is 30.9. The number of alkyl halides is 1. The Hall–Kier alpha value is -3.68. The molecule has 1 saturated heterocycles. The van der Waals surface area contributed by atoms with E-state index in [1.54, 1.807) is 37.3 Å². The van der Waals surface area contributed by atoms with Crippen LogP contribution < -0.4 is 9.47 Å². The highest BCUT2D eigenvalue weighted by molar-refractivity contribution is 14.1. The summed E-state index contributed by atoms with van der Waals surface area (Å²) in [6.45, 7) is 6.65. The number of likely N-dealkylation sites (tertiary alicyclic amines) is 1. The van der Waals surface area contributed by atoms with Crippen LogP contribution in [0.4, 0.5) is 4.39 Å². The molecule has 12 heteroatoms. The van der Waals surface area contributed by atoms with Crippen LogP contribution in [0.3, 0.4) is 0 Å². The van der Waals surface area contributed by atoms with E-state index in [9.17, 15) is 14.3 Å². The first-order chi connectivity index (χ1) is 22.1. The molecule has 2 atom stereocenters. The quantitative estimate of drug-likeness (QED) is 0.128. The molecular formula is C34H32ClFIN5O4. The largest absolute Gasteiger partial charge is 0.478 e. The molecule has 5 aromatic rings. The number of carboxylic acid groups (broad SMARTS) is 1. The molecule has 2 aliphatic heterocycles. The molecule has 1 fully saturated rings. The predicted octanol–water partition coefficient (Wildman–Crippen LogP) is 7.75. The minimum atomic E-state index is -1.29. The molecule has 46 heavy (non-hydrogen) atoms. The summed E-state index contributed by atoms with van der Waals surface area (Å²) >= 11 is 8.34. The van der Waals surface area contributed by atoms with E-state index in [1.807, 2.05) is 24.7 Å². The number of carboxylic acids is 1. The molecule has 0 amide bonds. The number of ether oxygens (including phenoxy) is 2. The molecule has 7 rings (SSSR count). The van der Waals surface area contributed by atoms with Crippen LogP contribution in [-0.4, -0.2) is 48.2 Å². The Balaban J connectivity index is 1.11. The van der Waals surface area contributed by atoms with Crippen molar-refractivity contribution in [1.29, 1.82) is 0 Å². The number of aromatic nitrogens is 4. The highest BCUT2D eigenvalue weighted by Gasteiger charge is 2.43. The van der Waals surface area contributed by atoms with Gasteiger partial charge in [-0.1, -0.05) is 46.3 Å². The molecule has 0 aliphatic carbocycles. The van der Waals surface area contributed by atoms with E-state index in [0.29, 0.717) is 35.2 Å². The van der Waals surface area contributed by atoms with Gasteiger partial charge in [-0.2, -0.15) is 0 Å². The highest BCUT2D eigenvalue weighted by Crippen LogP contribution is 2.50. The molecule has 2 unspecified atom stereocenters. The summed E-state index contributed by atoms with van der Waals surface area (Å²) in [7, 11) is 0. The summed E-state index contributed by atoms with van der Waals surface area (Å²) < 4.78 is 31.9. The van der Waals surface area contributed by atoms with Gasteiger partial charge in [0.05, 0.1) is 51.3 Å². The monoisotopic (exact) mass is 755 g/mol. The minimum absolute atomic E-state index is 0.207. The fraction of sp³-hybridized carbons (Fsp3) is 0.324. The van der Waals surface area contributed by atoms with Gasteiger partial charge in [0.2, 0.25) is 0 Å². The first-order valence-electron chi connectivity index (χ1n) is 15.2. The van der Waals surface area contributed by atoms with Crippen molar-refractivity contribution >= 4 is 51.2 Å². The van der Waals surface area contributed by atoms with Crippen molar-refractivity contribution < 1.29 is 23.8 Å². The SMILES string of the molecule is CC(I)n1cncc1Cn1c(CN2CCC(c3cccc4c3OC(C)(c3ccc(Cl)cc3F)O4)CC2)nc2ccc(C(=O)O)cc21. The zero-order valence-electron chi connectivity index (χ0n) is 25.3. The van der Waals surface area contributed by atoms with Gasteiger partial charge < -0.3 is 23.7 Å². The number of imidazole rings is 2. The van der Waals surface area contributed by atoms with Crippen LogP contribution in [0.25, 0.3) is 11.0 Å². The normalized spacial score (nSPS) is 19.2. The van der Waals surface area contributed by atoms with Crippen molar-refractivity contribution in [2.75, 3.05) is 13.1 Å². The van der Waals surface area contributed by atoms with E-state index >= 15 is 0 Å². The van der Waals surface area contributed by atoms with Gasteiger partial charge in [-0.25, -0.2) is 19.2 Å². The molecular weight excluding hydrogens is 724 g/mol. The summed E-state index contributed by atoms with van der Waals surface area (Å²) in [4.78, 5) is 23.5. The lowest BCUT2D eigenvalue weighted by molar-refractivity contribution is -0.0712. The van der Waals surface area contributed by atoms with Gasteiger partial charge in [0.15, 0.2) is 11.5 Å². The standard InChI is InChI=1S/C34H32ClFIN5O4/c1-20(37)42-19-38-16-24(42)17-41-29-14-22(33(43)44)6-9-28(29)39-31(41)18-40-12-10-21(11-13-40)25-4-3-5-30-32(25)46-34(2,45-30)26-8-7-23(35)15-27(26)36/h3-9,14-16,19-21H,10-13,17-18H2,1-2H3,(H,43,44). The maximum atomic E-state index is 14.9. The van der Waals surface area contributed by atoms with Gasteiger partial charge in [-0.3, -0.25) is 4.90 Å². The topological polar surface area (TPSA) is 94.6 Å². The second kappa shape index (κ2) is 12.2. The number of aromatic carboxylic acids is 1. The third-order valence-electron chi connectivity index (χ3n) is 8.95. The molecule has 4 heterocycles. The Kier molecular flexibility index (Phi) is 8.18. The maximum Gasteiger partial charge on any atom is 0.335 e. The maximum absolute atomic E-state index is 14.9. The Morgan fingerprint density at radius 2 is 1.96 bits per heavy atom. The lowest BCUT2D eigenvalue weighted by atomic mass is 9.88. The molecule has 9 nitrogen and oxygen atoms in total. The highest BCUT2D eigenvalue weighted by atomic mass is 127. The van der Waals surface area contributed by atoms with E-state index in [-0.39, 0.29) is 15.5 Å². The zero-order valence-corrected chi connectivity index (χ0v) is 28.2. The number of hydrogen-bond donors (Lipinski definition) is 1. The summed E-state index contributed by atoms with van der Waals surface area (Å²) in [6, 6.07) is 15.5. The Morgan fingerprint density at radius 3 is 2.70 bits per heavy atom. The van der Waals surface area contributed by atoms with Crippen molar-refractivity contribution in [3.8, 4) is 11.5 Å². The number of rotatable bonds is 8. The second-order valence-corrected chi connectivity index (χ2v) is 14.2. The summed E-state index contributed by atoms with van der Waals surface area (Å²) in [5.74, 6) is -0.355. The van der Waals surface area contributed by atoms with Gasteiger partial charge in [0.25, 0.3) is 5.79 Å². The van der Waals surface area contributed by atoms with Crippen LogP contribution in [-0.2, 0) is 18.9 Å². The number of fused-ring (bicyclic) bond motifs is 2. The molecule has 238 valence electrons. The van der Waals surface area contributed by atoms with Crippen molar-refractivity contribution in [2.45, 2.75) is 55.5 Å². The predicted molar refractivity (Wildman–Crippen MR) is 180 cm³/mol. The molecule has 1 N–H and O–H groups in total. The van der Waals surface area contributed by atoms with Gasteiger partial charge in [0, 0.05) is 23.7 Å². The minimum Gasteiger partial charge on any atom is -0.478 e. The van der Waals surface area contributed by atoms with Crippen molar-refractivity contribution in [1.82, 2.24) is 24.0 Å². The number of nitrogens with zero attached hydrogens (tertiary/aromatic N) is 5. The van der Waals surface area contributed by atoms with Crippen LogP contribution in [0.5, 0.6) is 11.5 Å². The van der Waals surface area contributed by atoms with Crippen molar-refractivity contribution in [2.24, 2.45) is 0 Å². The number of carbonyl (C=O) groups is 1. The van der Waals surface area contributed by atoms with Crippen molar-refractivity contribution in [3.63, 3.8) is 0 Å². The molecule has 3 aromatic carbocycles. The lowest BCUT2D eigenvalue weighted by Crippen LogP contribution is -2.34. The van der Waals surface area contributed by atoms with Gasteiger partial charge in [0.1, 0.15) is 11.6 Å². The van der Waals surface area contributed by atoms with Crippen LogP contribution in [0.1, 0.15) is 69.7 Å². The Labute approximate surface area is 284 Å². The first-order valence-corrected chi connectivity index (χ1v) is 16.8. The third kappa shape index (κ3) is 5.73. The number of para-hydroxylation sites is 1. The summed E-state index contributed by atoms with van der Waals surface area (Å²) in [6.07, 6.45) is 5.47. The Bertz CT molecular complexity index is 1950.